The van der Waals surface area contributed by atoms with Gasteiger partial charge < -0.3 is 10.0 Å². The molecule has 19 heavy (non-hydrogen) atoms. The topological polar surface area (TPSA) is 43.8 Å². The molecule has 1 aliphatic rings. The number of benzene rings is 1. The molecule has 0 spiro atoms. The smallest absolute Gasteiger partial charge is 0.303 e. The van der Waals surface area contributed by atoms with Crippen LogP contribution in [0.15, 0.2) is 24.3 Å². The highest BCUT2D eigenvalue weighted by atomic mass is 16.4. The average Bonchev–Trinajstić information content (AvgIpc) is 2.48. The minimum Gasteiger partial charge on any atom is -0.481 e. The van der Waals surface area contributed by atoms with E-state index < -0.39 is 5.97 Å². The lowest BCUT2D eigenvalue weighted by atomic mass is 10.1. The van der Waals surface area contributed by atoms with Gasteiger partial charge >= 0.3 is 5.97 Å². The van der Waals surface area contributed by atoms with Crippen LogP contribution in [0.4, 0.5) is 5.69 Å². The highest BCUT2D eigenvalue weighted by molar-refractivity contribution is 5.66. The monoisotopic (exact) mass is 262 g/mol. The minimum absolute atomic E-state index is 0.251. The number of carboxylic acids is 1. The number of anilines is 1. The molecule has 1 aromatic rings. The molecule has 1 atom stereocenters. The van der Waals surface area contributed by atoms with E-state index in [1.54, 1.807) is 0 Å². The van der Waals surface area contributed by atoms with Crippen LogP contribution in [-0.4, -0.2) is 42.2 Å². The van der Waals surface area contributed by atoms with Gasteiger partial charge in [-0.2, -0.15) is 0 Å². The zero-order valence-corrected chi connectivity index (χ0v) is 11.7. The van der Waals surface area contributed by atoms with Crippen molar-refractivity contribution in [2.45, 2.75) is 32.4 Å². The zero-order chi connectivity index (χ0) is 13.8. The summed E-state index contributed by atoms with van der Waals surface area (Å²) < 4.78 is 0. The first-order valence-corrected chi connectivity index (χ1v) is 6.83. The molecule has 4 nitrogen and oxygen atoms in total. The SMILES string of the molecule is C[C@H]1CN(C)c2ccccc2CN1CCCC(=O)O. The van der Waals surface area contributed by atoms with Gasteiger partial charge in [0.1, 0.15) is 0 Å². The number of hydrogen-bond donors (Lipinski definition) is 1. The Balaban J connectivity index is 2.07. The van der Waals surface area contributed by atoms with Gasteiger partial charge in [-0.25, -0.2) is 0 Å². The maximum atomic E-state index is 10.6. The molecule has 1 aliphatic heterocycles. The first-order chi connectivity index (χ1) is 9.08. The third-order valence-corrected chi connectivity index (χ3v) is 3.77. The summed E-state index contributed by atoms with van der Waals surface area (Å²) in [6, 6.07) is 8.89. The molecule has 4 heteroatoms. The summed E-state index contributed by atoms with van der Waals surface area (Å²) in [6.45, 7) is 4.93. The summed E-state index contributed by atoms with van der Waals surface area (Å²) in [7, 11) is 2.12. The van der Waals surface area contributed by atoms with Crippen molar-refractivity contribution in [1.29, 1.82) is 0 Å². The normalized spacial score (nSPS) is 19.9. The fourth-order valence-electron chi connectivity index (χ4n) is 2.73. The van der Waals surface area contributed by atoms with Crippen LogP contribution >= 0.6 is 0 Å². The van der Waals surface area contributed by atoms with Crippen molar-refractivity contribution in [1.82, 2.24) is 4.90 Å². The Kier molecular flexibility index (Phi) is 4.43. The lowest BCUT2D eigenvalue weighted by Crippen LogP contribution is -2.38. The molecule has 1 heterocycles. The summed E-state index contributed by atoms with van der Waals surface area (Å²) in [5, 5.41) is 8.74. The van der Waals surface area contributed by atoms with Gasteiger partial charge in [0.25, 0.3) is 0 Å². The second-order valence-corrected chi connectivity index (χ2v) is 5.33. The molecule has 104 valence electrons. The molecule has 1 N–H and O–H groups in total. The van der Waals surface area contributed by atoms with Crippen molar-refractivity contribution in [3.8, 4) is 0 Å². The van der Waals surface area contributed by atoms with Crippen LogP contribution in [0.3, 0.4) is 0 Å². The molecule has 0 saturated carbocycles. The molecule has 0 unspecified atom stereocenters. The van der Waals surface area contributed by atoms with E-state index >= 15 is 0 Å². The van der Waals surface area contributed by atoms with Crippen LogP contribution in [0.5, 0.6) is 0 Å². The van der Waals surface area contributed by atoms with E-state index in [1.807, 2.05) is 0 Å². The van der Waals surface area contributed by atoms with Crippen molar-refractivity contribution in [2.24, 2.45) is 0 Å². The number of para-hydroxylation sites is 1. The minimum atomic E-state index is -0.708. The molecule has 1 aromatic carbocycles. The molecule has 0 bridgehead atoms. The van der Waals surface area contributed by atoms with Gasteiger partial charge in [-0.1, -0.05) is 18.2 Å². The van der Waals surface area contributed by atoms with E-state index in [2.05, 4.69) is 48.0 Å². The Morgan fingerprint density at radius 3 is 2.89 bits per heavy atom. The molecule has 0 radical (unpaired) electrons. The van der Waals surface area contributed by atoms with Gasteiger partial charge in [0, 0.05) is 38.3 Å². The molecule has 0 fully saturated rings. The van der Waals surface area contributed by atoms with Crippen LogP contribution < -0.4 is 4.90 Å². The van der Waals surface area contributed by atoms with E-state index in [0.717, 1.165) is 19.6 Å². The average molecular weight is 262 g/mol. The zero-order valence-electron chi connectivity index (χ0n) is 11.7. The summed E-state index contributed by atoms with van der Waals surface area (Å²) in [5.74, 6) is -0.708. The molecular weight excluding hydrogens is 240 g/mol. The van der Waals surface area contributed by atoms with Crippen molar-refractivity contribution >= 4 is 11.7 Å². The lowest BCUT2D eigenvalue weighted by molar-refractivity contribution is -0.137. The van der Waals surface area contributed by atoms with E-state index in [0.29, 0.717) is 12.5 Å². The van der Waals surface area contributed by atoms with Crippen LogP contribution in [0.2, 0.25) is 0 Å². The number of carboxylic acid groups (broad SMARTS) is 1. The van der Waals surface area contributed by atoms with Crippen LogP contribution in [0.25, 0.3) is 0 Å². The second kappa shape index (κ2) is 6.06. The summed E-state index contributed by atoms with van der Waals surface area (Å²) >= 11 is 0. The summed E-state index contributed by atoms with van der Waals surface area (Å²) in [6.07, 6.45) is 0.965. The first kappa shape index (κ1) is 13.9. The van der Waals surface area contributed by atoms with Gasteiger partial charge in [0.2, 0.25) is 0 Å². The van der Waals surface area contributed by atoms with Crippen LogP contribution in [0, 0.1) is 0 Å². The maximum Gasteiger partial charge on any atom is 0.303 e. The van der Waals surface area contributed by atoms with Crippen LogP contribution in [0.1, 0.15) is 25.3 Å². The van der Waals surface area contributed by atoms with E-state index in [4.69, 9.17) is 5.11 Å². The lowest BCUT2D eigenvalue weighted by Gasteiger charge is -2.28. The fraction of sp³-hybridized carbons (Fsp3) is 0.533. The standard InChI is InChI=1S/C15H22N2O2/c1-12-10-16(2)14-7-4-3-6-13(14)11-17(12)9-5-8-15(18)19/h3-4,6-7,12H,5,8-11H2,1-2H3,(H,18,19)/t12-/m0/s1. The number of aliphatic carboxylic acids is 1. The second-order valence-electron chi connectivity index (χ2n) is 5.33. The van der Waals surface area contributed by atoms with E-state index in [-0.39, 0.29) is 6.42 Å². The van der Waals surface area contributed by atoms with Gasteiger partial charge in [-0.3, -0.25) is 9.69 Å². The number of hydrogen-bond acceptors (Lipinski definition) is 3. The van der Waals surface area contributed by atoms with Gasteiger partial charge in [-0.05, 0) is 31.5 Å². The van der Waals surface area contributed by atoms with Crippen molar-refractivity contribution < 1.29 is 9.90 Å². The molecule has 0 amide bonds. The third kappa shape index (κ3) is 3.47. The highest BCUT2D eigenvalue weighted by Gasteiger charge is 2.22. The first-order valence-electron chi connectivity index (χ1n) is 6.83. The molecule has 2 rings (SSSR count). The van der Waals surface area contributed by atoms with E-state index in [9.17, 15) is 4.79 Å². The number of nitrogens with zero attached hydrogens (tertiary/aromatic N) is 2. The Bertz CT molecular complexity index is 448. The van der Waals surface area contributed by atoms with Crippen molar-refractivity contribution in [3.05, 3.63) is 29.8 Å². The number of rotatable bonds is 4. The van der Waals surface area contributed by atoms with Gasteiger partial charge in [-0.15, -0.1) is 0 Å². The molecule has 0 aromatic heterocycles. The fourth-order valence-corrected chi connectivity index (χ4v) is 2.73. The Labute approximate surface area is 114 Å². The maximum absolute atomic E-state index is 10.6. The van der Waals surface area contributed by atoms with Gasteiger partial charge in [0.15, 0.2) is 0 Å². The number of carbonyl (C=O) groups is 1. The van der Waals surface area contributed by atoms with Crippen molar-refractivity contribution in [3.63, 3.8) is 0 Å². The Morgan fingerprint density at radius 1 is 1.42 bits per heavy atom. The quantitative estimate of drug-likeness (QED) is 0.903. The molecular formula is C15H22N2O2. The number of fused-ring (bicyclic) bond motifs is 1. The largest absolute Gasteiger partial charge is 0.481 e. The van der Waals surface area contributed by atoms with Crippen LogP contribution in [-0.2, 0) is 11.3 Å². The predicted octanol–water partition coefficient (Wildman–Crippen LogP) is 2.19. The third-order valence-electron chi connectivity index (χ3n) is 3.77. The predicted molar refractivity (Wildman–Crippen MR) is 76.5 cm³/mol. The molecule has 0 saturated heterocycles. The summed E-state index contributed by atoms with van der Waals surface area (Å²) in [5.41, 5.74) is 2.61. The summed E-state index contributed by atoms with van der Waals surface area (Å²) in [4.78, 5) is 15.3. The van der Waals surface area contributed by atoms with Crippen molar-refractivity contribution in [2.75, 3.05) is 25.0 Å². The van der Waals surface area contributed by atoms with Gasteiger partial charge in [0.05, 0.1) is 0 Å². The Morgan fingerprint density at radius 2 is 2.16 bits per heavy atom. The molecule has 0 aliphatic carbocycles. The Hall–Kier alpha value is -1.55. The number of likely N-dealkylation sites (N-methyl/N-ethyl adjacent to an activating group) is 1. The highest BCUT2D eigenvalue weighted by Crippen LogP contribution is 2.25. The van der Waals surface area contributed by atoms with E-state index in [1.165, 1.54) is 11.3 Å².